The average Bonchev–Trinajstić information content (AvgIpc) is 2.66. The molecule has 0 amide bonds. The summed E-state index contributed by atoms with van der Waals surface area (Å²) in [4.78, 5) is 21.5. The molecule has 68 valence electrons. The predicted molar refractivity (Wildman–Crippen MR) is 42.1 cm³/mol. The fourth-order valence-electron chi connectivity index (χ4n) is 0.998. The molecule has 12 heavy (non-hydrogen) atoms. The summed E-state index contributed by atoms with van der Waals surface area (Å²) in [5.41, 5.74) is 5.45. The summed E-state index contributed by atoms with van der Waals surface area (Å²) in [6.45, 7) is 3.11. The number of rotatable bonds is 2. The normalized spacial score (nSPS) is 21.2. The largest absolute Gasteiger partial charge is 0.392 e. The Hall–Kier alpha value is -0.900. The number of carbonyl (C=O) groups is 2. The Morgan fingerprint density at radius 3 is 2.33 bits per heavy atom. The maximum absolute atomic E-state index is 11.1. The minimum absolute atomic E-state index is 0.132. The van der Waals surface area contributed by atoms with Crippen LogP contribution in [0.5, 0.6) is 0 Å². The van der Waals surface area contributed by atoms with Gasteiger partial charge >= 0.3 is 11.9 Å². The molecule has 0 spiro atoms. The van der Waals surface area contributed by atoms with Crippen LogP contribution >= 0.6 is 0 Å². The van der Waals surface area contributed by atoms with E-state index >= 15 is 0 Å². The molecule has 1 atom stereocenters. The van der Waals surface area contributed by atoms with E-state index in [1.165, 1.54) is 6.92 Å². The monoisotopic (exact) mass is 171 g/mol. The third kappa shape index (κ3) is 1.82. The second-order valence-corrected chi connectivity index (χ2v) is 3.54. The van der Waals surface area contributed by atoms with Gasteiger partial charge in [-0.05, 0) is 18.3 Å². The van der Waals surface area contributed by atoms with Gasteiger partial charge in [0.15, 0.2) is 0 Å². The molecule has 1 aliphatic rings. The molecule has 1 aliphatic carbocycles. The molecule has 0 saturated heterocycles. The van der Waals surface area contributed by atoms with Crippen molar-refractivity contribution in [3.05, 3.63) is 0 Å². The number of ether oxygens (including phenoxy) is 1. The van der Waals surface area contributed by atoms with Crippen LogP contribution in [-0.2, 0) is 14.3 Å². The molecule has 4 nitrogen and oxygen atoms in total. The third-order valence-electron chi connectivity index (χ3n) is 2.29. The van der Waals surface area contributed by atoms with Gasteiger partial charge in [0.1, 0.15) is 6.04 Å². The predicted octanol–water partition coefficient (Wildman–Crippen LogP) is 0.203. The second kappa shape index (κ2) is 2.86. The van der Waals surface area contributed by atoms with Crippen LogP contribution in [-0.4, -0.2) is 18.0 Å². The fraction of sp³-hybridized carbons (Fsp3) is 0.750. The number of esters is 2. The van der Waals surface area contributed by atoms with Crippen LogP contribution in [0.1, 0.15) is 26.7 Å². The molecule has 1 saturated carbocycles. The zero-order chi connectivity index (χ0) is 9.35. The second-order valence-electron chi connectivity index (χ2n) is 3.54. The van der Waals surface area contributed by atoms with Gasteiger partial charge in [0.05, 0.1) is 0 Å². The maximum atomic E-state index is 11.1. The van der Waals surface area contributed by atoms with Crippen LogP contribution in [0.4, 0.5) is 0 Å². The van der Waals surface area contributed by atoms with Crippen LogP contribution in [0.3, 0.4) is 0 Å². The zero-order valence-corrected chi connectivity index (χ0v) is 7.29. The average molecular weight is 171 g/mol. The van der Waals surface area contributed by atoms with Crippen LogP contribution in [0, 0.1) is 5.41 Å². The van der Waals surface area contributed by atoms with Crippen molar-refractivity contribution in [3.8, 4) is 0 Å². The molecule has 4 heteroatoms. The Morgan fingerprint density at radius 2 is 2.00 bits per heavy atom. The Morgan fingerprint density at radius 1 is 1.50 bits per heavy atom. The molecule has 0 unspecified atom stereocenters. The first kappa shape index (κ1) is 9.19. The van der Waals surface area contributed by atoms with Crippen molar-refractivity contribution in [3.63, 3.8) is 0 Å². The maximum Gasteiger partial charge on any atom is 0.331 e. The highest BCUT2D eigenvalue weighted by molar-refractivity contribution is 5.88. The Kier molecular flexibility index (Phi) is 2.19. The third-order valence-corrected chi connectivity index (χ3v) is 2.29. The van der Waals surface area contributed by atoms with Crippen LogP contribution in [0.2, 0.25) is 0 Å². The van der Waals surface area contributed by atoms with Crippen molar-refractivity contribution in [1.82, 2.24) is 0 Å². The lowest BCUT2D eigenvalue weighted by atomic mass is 10.0. The lowest BCUT2D eigenvalue weighted by molar-refractivity contribution is -0.160. The van der Waals surface area contributed by atoms with E-state index in [9.17, 15) is 9.59 Å². The summed E-state index contributed by atoms with van der Waals surface area (Å²) in [5, 5.41) is 0. The topological polar surface area (TPSA) is 69.4 Å². The van der Waals surface area contributed by atoms with Crippen molar-refractivity contribution in [1.29, 1.82) is 0 Å². The number of nitrogens with two attached hydrogens (primary N) is 1. The van der Waals surface area contributed by atoms with Gasteiger partial charge < -0.3 is 10.5 Å². The van der Waals surface area contributed by atoms with Crippen molar-refractivity contribution in [2.75, 3.05) is 0 Å². The van der Waals surface area contributed by atoms with E-state index in [1.807, 2.05) is 6.92 Å². The molecule has 0 aromatic rings. The van der Waals surface area contributed by atoms with Gasteiger partial charge in [0.25, 0.3) is 0 Å². The van der Waals surface area contributed by atoms with E-state index in [2.05, 4.69) is 4.74 Å². The first-order chi connectivity index (χ1) is 5.46. The molecular formula is C8H13NO3. The van der Waals surface area contributed by atoms with E-state index in [0.29, 0.717) is 0 Å². The first-order valence-corrected chi connectivity index (χ1v) is 3.93. The quantitative estimate of drug-likeness (QED) is 0.476. The highest BCUT2D eigenvalue weighted by Gasteiger charge is 2.47. The van der Waals surface area contributed by atoms with Crippen LogP contribution in [0.25, 0.3) is 0 Å². The van der Waals surface area contributed by atoms with Gasteiger partial charge in [-0.1, -0.05) is 6.92 Å². The fourth-order valence-corrected chi connectivity index (χ4v) is 0.998. The van der Waals surface area contributed by atoms with Crippen LogP contribution < -0.4 is 5.73 Å². The zero-order valence-electron chi connectivity index (χ0n) is 7.29. The van der Waals surface area contributed by atoms with Crippen molar-refractivity contribution in [2.45, 2.75) is 32.7 Å². The number of hydrogen-bond donors (Lipinski definition) is 1. The van der Waals surface area contributed by atoms with E-state index < -0.39 is 18.0 Å². The highest BCUT2D eigenvalue weighted by Crippen LogP contribution is 2.47. The molecule has 1 fully saturated rings. The molecule has 1 rings (SSSR count). The minimum atomic E-state index is -0.651. The molecule has 0 aliphatic heterocycles. The van der Waals surface area contributed by atoms with Crippen LogP contribution in [0.15, 0.2) is 0 Å². The molecule has 2 N–H and O–H groups in total. The molecule has 0 aromatic carbocycles. The molecule has 0 radical (unpaired) electrons. The van der Waals surface area contributed by atoms with E-state index in [0.717, 1.165) is 12.8 Å². The highest BCUT2D eigenvalue weighted by atomic mass is 16.6. The summed E-state index contributed by atoms with van der Waals surface area (Å²) < 4.78 is 4.38. The Labute approximate surface area is 71.1 Å². The van der Waals surface area contributed by atoms with Gasteiger partial charge in [-0.15, -0.1) is 0 Å². The molecule has 0 heterocycles. The lowest BCUT2D eigenvalue weighted by Gasteiger charge is -2.15. The first-order valence-electron chi connectivity index (χ1n) is 3.93. The van der Waals surface area contributed by atoms with Gasteiger partial charge in [-0.3, -0.25) is 4.79 Å². The van der Waals surface area contributed by atoms with E-state index in [1.54, 1.807) is 0 Å². The molecular weight excluding hydrogens is 158 g/mol. The lowest BCUT2D eigenvalue weighted by Crippen LogP contribution is -2.40. The number of carbonyl (C=O) groups excluding carboxylic acids is 2. The van der Waals surface area contributed by atoms with E-state index in [4.69, 9.17) is 5.73 Å². The van der Waals surface area contributed by atoms with Gasteiger partial charge in [0, 0.05) is 6.92 Å². The van der Waals surface area contributed by atoms with E-state index in [-0.39, 0.29) is 5.41 Å². The van der Waals surface area contributed by atoms with Gasteiger partial charge in [-0.25, -0.2) is 4.79 Å². The standard InChI is InChI=1S/C8H13NO3/c1-5(10)12-7(11)6(9)8(2)3-4-8/h6H,3-4,9H2,1-2H3/t6-/m1/s1. The Bertz CT molecular complexity index is 220. The van der Waals surface area contributed by atoms with Crippen molar-refractivity contribution < 1.29 is 14.3 Å². The van der Waals surface area contributed by atoms with Gasteiger partial charge in [-0.2, -0.15) is 0 Å². The number of hydrogen-bond acceptors (Lipinski definition) is 4. The molecule has 0 aromatic heterocycles. The Balaban J connectivity index is 2.47. The summed E-state index contributed by atoms with van der Waals surface area (Å²) in [6, 6.07) is -0.651. The molecule has 0 bridgehead atoms. The summed E-state index contributed by atoms with van der Waals surface area (Å²) in [6.07, 6.45) is 1.86. The van der Waals surface area contributed by atoms with Gasteiger partial charge in [0.2, 0.25) is 0 Å². The smallest absolute Gasteiger partial charge is 0.331 e. The summed E-state index contributed by atoms with van der Waals surface area (Å²) in [5.74, 6) is -1.21. The summed E-state index contributed by atoms with van der Waals surface area (Å²) in [7, 11) is 0. The van der Waals surface area contributed by atoms with Crippen molar-refractivity contribution >= 4 is 11.9 Å². The minimum Gasteiger partial charge on any atom is -0.392 e. The summed E-state index contributed by atoms with van der Waals surface area (Å²) >= 11 is 0. The van der Waals surface area contributed by atoms with Crippen molar-refractivity contribution in [2.24, 2.45) is 11.1 Å². The SMILES string of the molecule is CC(=O)OC(=O)[C@@H](N)C1(C)CC1.